The van der Waals surface area contributed by atoms with E-state index in [1.165, 1.54) is 16.9 Å². The Morgan fingerprint density at radius 1 is 1.62 bits per heavy atom. The number of sulfonamides is 1. The van der Waals surface area contributed by atoms with Crippen molar-refractivity contribution >= 4 is 21.6 Å². The second-order valence-corrected chi connectivity index (χ2v) is 5.54. The van der Waals surface area contributed by atoms with Crippen LogP contribution in [0.4, 0.5) is 0 Å². The molecule has 0 aromatic carbocycles. The molecule has 1 aromatic rings. The van der Waals surface area contributed by atoms with Crippen LogP contribution >= 0.6 is 11.6 Å². The molecule has 1 N–H and O–H groups in total. The van der Waals surface area contributed by atoms with Crippen molar-refractivity contribution in [2.24, 2.45) is 7.05 Å². The van der Waals surface area contributed by atoms with Crippen LogP contribution in [-0.4, -0.2) is 30.1 Å². The van der Waals surface area contributed by atoms with Crippen molar-refractivity contribution in [3.05, 3.63) is 12.3 Å². The third-order valence-electron chi connectivity index (χ3n) is 2.32. The Morgan fingerprint density at radius 3 is 2.75 bits per heavy atom. The highest BCUT2D eigenvalue weighted by Gasteiger charge is 2.21. The van der Waals surface area contributed by atoms with Gasteiger partial charge in [-0.2, -0.15) is 5.10 Å². The van der Waals surface area contributed by atoms with Gasteiger partial charge >= 0.3 is 0 Å². The van der Waals surface area contributed by atoms with Crippen molar-refractivity contribution in [3.8, 4) is 0 Å². The molecule has 0 radical (unpaired) electrons. The van der Waals surface area contributed by atoms with E-state index in [2.05, 4.69) is 9.82 Å². The van der Waals surface area contributed by atoms with Crippen molar-refractivity contribution in [2.45, 2.75) is 30.8 Å². The first-order chi connectivity index (χ1) is 7.51. The van der Waals surface area contributed by atoms with Gasteiger partial charge in [-0.3, -0.25) is 4.68 Å². The average molecular weight is 266 g/mol. The van der Waals surface area contributed by atoms with Crippen LogP contribution in [0.5, 0.6) is 0 Å². The normalized spacial score (nSPS) is 13.9. The molecule has 5 nitrogen and oxygen atoms in total. The molecule has 0 amide bonds. The van der Waals surface area contributed by atoms with Gasteiger partial charge in [0.2, 0.25) is 0 Å². The lowest BCUT2D eigenvalue weighted by Gasteiger charge is -2.15. The van der Waals surface area contributed by atoms with Gasteiger partial charge in [0.05, 0.1) is 6.20 Å². The monoisotopic (exact) mass is 265 g/mol. The lowest BCUT2D eigenvalue weighted by Crippen LogP contribution is -2.35. The molecule has 92 valence electrons. The first-order valence-corrected chi connectivity index (χ1v) is 7.09. The fraction of sp³-hybridized carbons (Fsp3) is 0.667. The van der Waals surface area contributed by atoms with Crippen LogP contribution in [0.15, 0.2) is 17.3 Å². The molecule has 1 heterocycles. The van der Waals surface area contributed by atoms with Crippen LogP contribution in [0.25, 0.3) is 0 Å². The molecule has 7 heteroatoms. The van der Waals surface area contributed by atoms with Crippen LogP contribution < -0.4 is 4.72 Å². The summed E-state index contributed by atoms with van der Waals surface area (Å²) in [5.41, 5.74) is 0. The number of hydrogen-bond donors (Lipinski definition) is 1. The van der Waals surface area contributed by atoms with Gasteiger partial charge in [0.1, 0.15) is 0 Å². The van der Waals surface area contributed by atoms with Crippen molar-refractivity contribution in [3.63, 3.8) is 0 Å². The van der Waals surface area contributed by atoms with Gasteiger partial charge in [-0.1, -0.05) is 6.92 Å². The van der Waals surface area contributed by atoms with E-state index in [0.717, 1.165) is 0 Å². The standard InChI is InChI=1S/C9H16ClN3O2S/c1-3-8(4-6-10)12-16(14,15)9-5-7-11-13(9)2/h5,7-8,12H,3-4,6H2,1-2H3. The first-order valence-electron chi connectivity index (χ1n) is 5.07. The van der Waals surface area contributed by atoms with Gasteiger partial charge < -0.3 is 0 Å². The van der Waals surface area contributed by atoms with Gasteiger partial charge in [-0.15, -0.1) is 11.6 Å². The topological polar surface area (TPSA) is 64.0 Å². The second-order valence-electron chi connectivity index (χ2n) is 3.50. The van der Waals surface area contributed by atoms with Crippen LogP contribution in [0.2, 0.25) is 0 Å². The maximum absolute atomic E-state index is 11.9. The summed E-state index contributed by atoms with van der Waals surface area (Å²) in [4.78, 5) is 0. The van der Waals surface area contributed by atoms with Gasteiger partial charge in [-0.05, 0) is 18.9 Å². The zero-order valence-electron chi connectivity index (χ0n) is 9.35. The van der Waals surface area contributed by atoms with Gasteiger partial charge in [0.25, 0.3) is 10.0 Å². The highest BCUT2D eigenvalue weighted by atomic mass is 35.5. The van der Waals surface area contributed by atoms with Crippen molar-refractivity contribution < 1.29 is 8.42 Å². The third kappa shape index (κ3) is 3.20. The second kappa shape index (κ2) is 5.65. The molecular weight excluding hydrogens is 250 g/mol. The minimum Gasteiger partial charge on any atom is -0.256 e. The molecule has 1 rings (SSSR count). The number of alkyl halides is 1. The molecule has 1 atom stereocenters. The number of rotatable bonds is 6. The van der Waals surface area contributed by atoms with E-state index in [1.54, 1.807) is 7.05 Å². The number of aromatic nitrogens is 2. The summed E-state index contributed by atoms with van der Waals surface area (Å²) in [6.07, 6.45) is 2.79. The van der Waals surface area contributed by atoms with E-state index in [1.807, 2.05) is 6.92 Å². The third-order valence-corrected chi connectivity index (χ3v) is 4.14. The summed E-state index contributed by atoms with van der Waals surface area (Å²) in [6, 6.07) is 1.34. The summed E-state index contributed by atoms with van der Waals surface area (Å²) in [6.45, 7) is 1.92. The van der Waals surface area contributed by atoms with E-state index in [0.29, 0.717) is 18.7 Å². The van der Waals surface area contributed by atoms with Crippen LogP contribution in [-0.2, 0) is 17.1 Å². The molecule has 0 saturated carbocycles. The van der Waals surface area contributed by atoms with Crippen LogP contribution in [0.1, 0.15) is 19.8 Å². The van der Waals surface area contributed by atoms with E-state index in [9.17, 15) is 8.42 Å². The van der Waals surface area contributed by atoms with Gasteiger partial charge in [0, 0.05) is 19.0 Å². The lowest BCUT2D eigenvalue weighted by atomic mass is 10.2. The summed E-state index contributed by atoms with van der Waals surface area (Å²) in [5, 5.41) is 4.00. The van der Waals surface area contributed by atoms with Gasteiger partial charge in [0.15, 0.2) is 5.03 Å². The molecule has 1 aromatic heterocycles. The maximum Gasteiger partial charge on any atom is 0.257 e. The van der Waals surface area contributed by atoms with Crippen molar-refractivity contribution in [1.82, 2.24) is 14.5 Å². The number of halogens is 1. The molecule has 0 spiro atoms. The number of nitrogens with zero attached hydrogens (tertiary/aromatic N) is 2. The molecule has 0 aliphatic carbocycles. The Morgan fingerprint density at radius 2 is 2.31 bits per heavy atom. The summed E-state index contributed by atoms with van der Waals surface area (Å²) >= 11 is 5.61. The quantitative estimate of drug-likeness (QED) is 0.784. The van der Waals surface area contributed by atoms with E-state index >= 15 is 0 Å². The maximum atomic E-state index is 11.9. The minimum atomic E-state index is -3.49. The molecule has 0 fully saturated rings. The van der Waals surface area contributed by atoms with Crippen LogP contribution in [0, 0.1) is 0 Å². The fourth-order valence-electron chi connectivity index (χ4n) is 1.38. The fourth-order valence-corrected chi connectivity index (χ4v) is 3.13. The summed E-state index contributed by atoms with van der Waals surface area (Å²) in [7, 11) is -1.90. The van der Waals surface area contributed by atoms with Gasteiger partial charge in [-0.25, -0.2) is 13.1 Å². The lowest BCUT2D eigenvalue weighted by molar-refractivity contribution is 0.521. The Balaban J connectivity index is 2.83. The predicted octanol–water partition coefficient (Wildman–Crippen LogP) is 1.11. The molecule has 0 saturated heterocycles. The molecule has 0 bridgehead atoms. The zero-order valence-corrected chi connectivity index (χ0v) is 10.9. The Labute approximate surface area is 101 Å². The summed E-state index contributed by atoms with van der Waals surface area (Å²) < 4.78 is 27.8. The number of nitrogens with one attached hydrogen (secondary N) is 1. The number of hydrogen-bond acceptors (Lipinski definition) is 3. The average Bonchev–Trinajstić information content (AvgIpc) is 2.64. The molecule has 16 heavy (non-hydrogen) atoms. The largest absolute Gasteiger partial charge is 0.257 e. The first kappa shape index (κ1) is 13.5. The smallest absolute Gasteiger partial charge is 0.256 e. The van der Waals surface area contributed by atoms with E-state index in [4.69, 9.17) is 11.6 Å². The summed E-state index contributed by atoms with van der Waals surface area (Å²) in [5.74, 6) is 0.437. The highest BCUT2D eigenvalue weighted by molar-refractivity contribution is 7.89. The Kier molecular flexibility index (Phi) is 4.76. The van der Waals surface area contributed by atoms with E-state index in [-0.39, 0.29) is 11.1 Å². The molecule has 1 unspecified atom stereocenters. The van der Waals surface area contributed by atoms with Crippen LogP contribution in [0.3, 0.4) is 0 Å². The highest BCUT2D eigenvalue weighted by Crippen LogP contribution is 2.09. The van der Waals surface area contributed by atoms with Crippen molar-refractivity contribution in [2.75, 3.05) is 5.88 Å². The molecule has 0 aliphatic rings. The Hall–Kier alpha value is -0.590. The van der Waals surface area contributed by atoms with E-state index < -0.39 is 10.0 Å². The number of aryl methyl sites for hydroxylation is 1. The predicted molar refractivity (Wildman–Crippen MR) is 62.9 cm³/mol. The molecular formula is C9H16ClN3O2S. The van der Waals surface area contributed by atoms with Crippen molar-refractivity contribution in [1.29, 1.82) is 0 Å². The minimum absolute atomic E-state index is 0.127. The molecule has 0 aliphatic heterocycles. The SMILES string of the molecule is CCC(CCCl)NS(=O)(=O)c1ccnn1C. The Bertz CT molecular complexity index is 430. The zero-order chi connectivity index (χ0) is 12.2.